The molecule has 108 valence electrons. The monoisotopic (exact) mass is 316 g/mol. The van der Waals surface area contributed by atoms with Crippen LogP contribution in [0.25, 0.3) is 10.9 Å². The average molecular weight is 317 g/mol. The number of aromatic nitrogens is 1. The Balaban J connectivity index is 1.46. The van der Waals surface area contributed by atoms with Crippen molar-refractivity contribution in [1.82, 2.24) is 10.3 Å². The molecule has 0 fully saturated rings. The van der Waals surface area contributed by atoms with E-state index in [0.717, 1.165) is 23.9 Å². The second-order valence-corrected chi connectivity index (χ2v) is 6.44. The highest BCUT2D eigenvalue weighted by atomic mass is 35.5. The molecule has 3 rings (SSSR count). The molecule has 4 heteroatoms. The second-order valence-electron chi connectivity index (χ2n) is 4.84. The van der Waals surface area contributed by atoms with Gasteiger partial charge in [-0.1, -0.05) is 23.7 Å². The minimum absolute atomic E-state index is 0.789. The molecule has 1 heterocycles. The molecular weight excluding hydrogens is 300 g/mol. The smallest absolute Gasteiger partial charge is 0.0457 e. The molecule has 0 unspecified atom stereocenters. The van der Waals surface area contributed by atoms with E-state index in [0.29, 0.717) is 0 Å². The summed E-state index contributed by atoms with van der Waals surface area (Å²) in [6.07, 6.45) is 1.99. The zero-order valence-corrected chi connectivity index (χ0v) is 13.2. The maximum absolute atomic E-state index is 5.88. The van der Waals surface area contributed by atoms with Crippen LogP contribution in [-0.4, -0.2) is 17.3 Å². The molecule has 0 saturated carbocycles. The van der Waals surface area contributed by atoms with Crippen molar-refractivity contribution >= 4 is 34.3 Å². The quantitative estimate of drug-likeness (QED) is 0.509. The average Bonchev–Trinajstić information content (AvgIpc) is 2.98. The van der Waals surface area contributed by atoms with Crippen LogP contribution in [0.4, 0.5) is 0 Å². The van der Waals surface area contributed by atoms with E-state index < -0.39 is 0 Å². The fourth-order valence-electron chi connectivity index (χ4n) is 2.30. The van der Waals surface area contributed by atoms with E-state index >= 15 is 0 Å². The first-order valence-electron chi connectivity index (χ1n) is 6.97. The molecule has 0 aliphatic heterocycles. The minimum atomic E-state index is 0.789. The summed E-state index contributed by atoms with van der Waals surface area (Å²) in [5.74, 6) is 1.05. The third-order valence-corrected chi connectivity index (χ3v) is 4.63. The van der Waals surface area contributed by atoms with Crippen molar-refractivity contribution in [2.45, 2.75) is 11.4 Å². The molecule has 2 aromatic carbocycles. The van der Waals surface area contributed by atoms with Gasteiger partial charge in [-0.05, 0) is 42.0 Å². The predicted molar refractivity (Wildman–Crippen MR) is 92.2 cm³/mol. The summed E-state index contributed by atoms with van der Waals surface area (Å²) in [5, 5.41) is 5.59. The Morgan fingerprint density at radius 3 is 2.76 bits per heavy atom. The molecule has 2 nitrogen and oxygen atoms in total. The lowest BCUT2D eigenvalue weighted by molar-refractivity contribution is 0.736. The van der Waals surface area contributed by atoms with Gasteiger partial charge in [-0.3, -0.25) is 0 Å². The van der Waals surface area contributed by atoms with E-state index in [-0.39, 0.29) is 0 Å². The van der Waals surface area contributed by atoms with Crippen molar-refractivity contribution in [3.63, 3.8) is 0 Å². The van der Waals surface area contributed by atoms with Gasteiger partial charge in [0.2, 0.25) is 0 Å². The number of benzene rings is 2. The molecular formula is C17H17ClN2S. The molecule has 2 N–H and O–H groups in total. The van der Waals surface area contributed by atoms with Crippen molar-refractivity contribution in [1.29, 1.82) is 0 Å². The number of hydrogen-bond donors (Lipinski definition) is 2. The third-order valence-electron chi connectivity index (χ3n) is 3.36. The number of rotatable bonds is 6. The number of halogens is 1. The highest BCUT2D eigenvalue weighted by molar-refractivity contribution is 7.99. The van der Waals surface area contributed by atoms with Crippen molar-refractivity contribution in [2.24, 2.45) is 0 Å². The predicted octanol–water partition coefficient (Wildman–Crippen LogP) is 4.70. The molecule has 0 saturated heterocycles. The molecule has 1 aromatic heterocycles. The van der Waals surface area contributed by atoms with Crippen LogP contribution >= 0.6 is 23.4 Å². The molecule has 0 amide bonds. The summed E-state index contributed by atoms with van der Waals surface area (Å²) in [7, 11) is 0. The number of nitrogens with one attached hydrogen (secondary N) is 2. The molecule has 0 atom stereocenters. The van der Waals surface area contributed by atoms with Crippen LogP contribution in [0.2, 0.25) is 5.02 Å². The highest BCUT2D eigenvalue weighted by Crippen LogP contribution is 2.20. The number of fused-ring (bicyclic) bond motifs is 1. The number of aromatic amines is 1. The van der Waals surface area contributed by atoms with E-state index in [2.05, 4.69) is 46.7 Å². The second kappa shape index (κ2) is 7.03. The van der Waals surface area contributed by atoms with Gasteiger partial charge >= 0.3 is 0 Å². The highest BCUT2D eigenvalue weighted by Gasteiger charge is 2.01. The lowest BCUT2D eigenvalue weighted by Crippen LogP contribution is -2.16. The fourth-order valence-corrected chi connectivity index (χ4v) is 3.24. The summed E-state index contributed by atoms with van der Waals surface area (Å²) in [5.41, 5.74) is 2.54. The summed E-state index contributed by atoms with van der Waals surface area (Å²) in [4.78, 5) is 4.50. The molecule has 0 aliphatic carbocycles. The molecule has 21 heavy (non-hydrogen) atoms. The first-order chi connectivity index (χ1) is 10.3. The molecule has 3 aromatic rings. The third kappa shape index (κ3) is 3.82. The Morgan fingerprint density at radius 1 is 1.05 bits per heavy atom. The summed E-state index contributed by atoms with van der Waals surface area (Å²) >= 11 is 7.72. The van der Waals surface area contributed by atoms with Crippen LogP contribution in [-0.2, 0) is 6.54 Å². The van der Waals surface area contributed by atoms with E-state index in [1.54, 1.807) is 0 Å². The molecule has 0 aliphatic rings. The van der Waals surface area contributed by atoms with E-state index in [9.17, 15) is 0 Å². The van der Waals surface area contributed by atoms with E-state index in [1.807, 2.05) is 30.1 Å². The normalized spacial score (nSPS) is 11.1. The Morgan fingerprint density at radius 2 is 1.90 bits per heavy atom. The Hall–Kier alpha value is -1.42. The van der Waals surface area contributed by atoms with Crippen LogP contribution in [0, 0.1) is 0 Å². The van der Waals surface area contributed by atoms with Crippen LogP contribution in [0.5, 0.6) is 0 Å². The summed E-state index contributed by atoms with van der Waals surface area (Å²) in [6.45, 7) is 1.88. The van der Waals surface area contributed by atoms with Gasteiger partial charge in [-0.15, -0.1) is 11.8 Å². The van der Waals surface area contributed by atoms with Crippen LogP contribution in [0.3, 0.4) is 0 Å². The van der Waals surface area contributed by atoms with Gasteiger partial charge in [0, 0.05) is 45.9 Å². The summed E-state index contributed by atoms with van der Waals surface area (Å²) < 4.78 is 0. The maximum Gasteiger partial charge on any atom is 0.0457 e. The van der Waals surface area contributed by atoms with Crippen LogP contribution in [0.15, 0.2) is 59.6 Å². The lowest BCUT2D eigenvalue weighted by atomic mass is 10.1. The molecule has 0 radical (unpaired) electrons. The Kier molecular flexibility index (Phi) is 4.86. The first kappa shape index (κ1) is 14.5. The SMILES string of the molecule is Clc1ccc(SCCNCc2cccc3[nH]ccc23)cc1. The number of thioether (sulfide) groups is 1. The topological polar surface area (TPSA) is 27.8 Å². The van der Waals surface area contributed by atoms with Crippen molar-refractivity contribution in [2.75, 3.05) is 12.3 Å². The van der Waals surface area contributed by atoms with Gasteiger partial charge in [0.1, 0.15) is 0 Å². The van der Waals surface area contributed by atoms with Gasteiger partial charge in [0.25, 0.3) is 0 Å². The van der Waals surface area contributed by atoms with Gasteiger partial charge < -0.3 is 10.3 Å². The van der Waals surface area contributed by atoms with Gasteiger partial charge in [-0.25, -0.2) is 0 Å². The van der Waals surface area contributed by atoms with Gasteiger partial charge in [0.05, 0.1) is 0 Å². The molecule has 0 spiro atoms. The van der Waals surface area contributed by atoms with E-state index in [4.69, 9.17) is 11.6 Å². The van der Waals surface area contributed by atoms with Crippen molar-refractivity contribution in [3.05, 3.63) is 65.3 Å². The fraction of sp³-hybridized carbons (Fsp3) is 0.176. The standard InChI is InChI=1S/C17H17ClN2S/c18-14-4-6-15(7-5-14)21-11-10-19-12-13-2-1-3-17-16(13)8-9-20-17/h1-9,19-20H,10-12H2. The van der Waals surface area contributed by atoms with Crippen LogP contribution in [0.1, 0.15) is 5.56 Å². The zero-order chi connectivity index (χ0) is 14.5. The maximum atomic E-state index is 5.88. The van der Waals surface area contributed by atoms with Gasteiger partial charge in [-0.2, -0.15) is 0 Å². The van der Waals surface area contributed by atoms with Crippen molar-refractivity contribution < 1.29 is 0 Å². The minimum Gasteiger partial charge on any atom is -0.361 e. The largest absolute Gasteiger partial charge is 0.361 e. The Bertz CT molecular complexity index is 706. The van der Waals surface area contributed by atoms with Gasteiger partial charge in [0.15, 0.2) is 0 Å². The molecule has 0 bridgehead atoms. The van der Waals surface area contributed by atoms with E-state index in [1.165, 1.54) is 21.4 Å². The Labute approximate surface area is 133 Å². The zero-order valence-electron chi connectivity index (χ0n) is 11.6. The summed E-state index contributed by atoms with van der Waals surface area (Å²) in [6, 6.07) is 16.5. The van der Waals surface area contributed by atoms with Crippen molar-refractivity contribution in [3.8, 4) is 0 Å². The lowest BCUT2D eigenvalue weighted by Gasteiger charge is -2.06. The number of H-pyrrole nitrogens is 1. The van der Waals surface area contributed by atoms with Crippen LogP contribution < -0.4 is 5.32 Å². The first-order valence-corrected chi connectivity index (χ1v) is 8.33. The number of hydrogen-bond acceptors (Lipinski definition) is 2.